The molecule has 0 radical (unpaired) electrons. The average Bonchev–Trinajstić information content (AvgIpc) is 2.61. The highest BCUT2D eigenvalue weighted by Crippen LogP contribution is 2.21. The minimum absolute atomic E-state index is 0.00661. The first-order valence-electron chi connectivity index (χ1n) is 8.83. The van der Waals surface area contributed by atoms with Gasteiger partial charge in [0.2, 0.25) is 5.91 Å². The smallest absolute Gasteiger partial charge is 0.339 e. The molecule has 1 saturated heterocycles. The Morgan fingerprint density at radius 1 is 1.20 bits per heavy atom. The van der Waals surface area contributed by atoms with Crippen molar-refractivity contribution in [1.82, 2.24) is 10.2 Å². The van der Waals surface area contributed by atoms with Crippen LogP contribution >= 0.6 is 0 Å². The molecule has 0 saturated carbocycles. The predicted octanol–water partition coefficient (Wildman–Crippen LogP) is 1.53. The summed E-state index contributed by atoms with van der Waals surface area (Å²) in [5, 5.41) is 2.97. The van der Waals surface area contributed by atoms with E-state index in [0.29, 0.717) is 25.1 Å². The highest BCUT2D eigenvalue weighted by molar-refractivity contribution is 5.95. The van der Waals surface area contributed by atoms with Gasteiger partial charge >= 0.3 is 5.97 Å². The molecular formula is C19H24N2O4. The normalized spacial score (nSPS) is 20.8. The summed E-state index contributed by atoms with van der Waals surface area (Å²) in [5.74, 6) is -0.550. The van der Waals surface area contributed by atoms with Crippen LogP contribution in [0.15, 0.2) is 24.3 Å². The summed E-state index contributed by atoms with van der Waals surface area (Å²) in [7, 11) is 0. The van der Waals surface area contributed by atoms with Crippen LogP contribution in [0.1, 0.15) is 42.6 Å². The van der Waals surface area contributed by atoms with Crippen molar-refractivity contribution in [2.24, 2.45) is 5.92 Å². The van der Waals surface area contributed by atoms with Gasteiger partial charge in [0, 0.05) is 31.5 Å². The second kappa shape index (κ2) is 7.25. The highest BCUT2D eigenvalue weighted by atomic mass is 16.5. The quantitative estimate of drug-likeness (QED) is 0.844. The number of likely N-dealkylation sites (tertiary alicyclic amines) is 1. The fourth-order valence-electron chi connectivity index (χ4n) is 3.38. The fourth-order valence-corrected chi connectivity index (χ4v) is 3.38. The van der Waals surface area contributed by atoms with Crippen molar-refractivity contribution in [3.8, 4) is 0 Å². The number of rotatable bonds is 3. The van der Waals surface area contributed by atoms with Gasteiger partial charge in [-0.1, -0.05) is 32.0 Å². The van der Waals surface area contributed by atoms with Crippen LogP contribution in [0.3, 0.4) is 0 Å². The second-order valence-electron chi connectivity index (χ2n) is 7.02. The molecule has 0 aromatic heterocycles. The number of hydrogen-bond donors (Lipinski definition) is 1. The summed E-state index contributed by atoms with van der Waals surface area (Å²) in [6, 6.07) is 7.22. The highest BCUT2D eigenvalue weighted by Gasteiger charge is 2.33. The van der Waals surface area contributed by atoms with Gasteiger partial charge in [0.05, 0.1) is 5.56 Å². The number of amides is 2. The van der Waals surface area contributed by atoms with Crippen molar-refractivity contribution in [2.45, 2.75) is 45.3 Å². The number of benzene rings is 1. The maximum absolute atomic E-state index is 12.5. The van der Waals surface area contributed by atoms with E-state index in [1.54, 1.807) is 12.1 Å². The van der Waals surface area contributed by atoms with Gasteiger partial charge in [-0.15, -0.1) is 0 Å². The lowest BCUT2D eigenvalue weighted by Gasteiger charge is -2.34. The Hall–Kier alpha value is -2.37. The zero-order chi connectivity index (χ0) is 18.0. The van der Waals surface area contributed by atoms with E-state index < -0.39 is 12.1 Å². The number of hydrogen-bond acceptors (Lipinski definition) is 4. The number of nitrogens with zero attached hydrogens (tertiary/aromatic N) is 1. The maximum atomic E-state index is 12.5. The van der Waals surface area contributed by atoms with E-state index >= 15 is 0 Å². The van der Waals surface area contributed by atoms with Crippen LogP contribution in [0, 0.1) is 5.92 Å². The summed E-state index contributed by atoms with van der Waals surface area (Å²) in [6.07, 6.45) is 1.07. The third-order valence-electron chi connectivity index (χ3n) is 4.83. The van der Waals surface area contributed by atoms with E-state index in [1.165, 1.54) is 0 Å². The van der Waals surface area contributed by atoms with Crippen molar-refractivity contribution in [1.29, 1.82) is 0 Å². The number of piperidine rings is 1. The number of esters is 1. The number of carbonyl (C=O) groups excluding carboxylic acids is 3. The lowest BCUT2D eigenvalue weighted by atomic mass is 9.97. The topological polar surface area (TPSA) is 75.7 Å². The van der Waals surface area contributed by atoms with Gasteiger partial charge in [-0.25, -0.2) is 4.79 Å². The van der Waals surface area contributed by atoms with Crippen LogP contribution in [0.4, 0.5) is 0 Å². The molecule has 134 valence electrons. The zero-order valence-corrected chi connectivity index (χ0v) is 14.7. The molecule has 1 unspecified atom stereocenters. The zero-order valence-electron chi connectivity index (χ0n) is 14.7. The lowest BCUT2D eigenvalue weighted by molar-refractivity contribution is -0.136. The molecule has 2 aliphatic rings. The van der Waals surface area contributed by atoms with Gasteiger partial charge in [-0.2, -0.15) is 0 Å². The molecule has 2 amide bonds. The monoisotopic (exact) mass is 344 g/mol. The Morgan fingerprint density at radius 2 is 1.88 bits per heavy atom. The van der Waals surface area contributed by atoms with E-state index in [-0.39, 0.29) is 23.8 Å². The van der Waals surface area contributed by atoms with Gasteiger partial charge in [-0.3, -0.25) is 9.59 Å². The molecule has 6 heteroatoms. The van der Waals surface area contributed by atoms with Crippen LogP contribution < -0.4 is 5.32 Å². The number of carbonyl (C=O) groups is 3. The number of ether oxygens (including phenoxy) is 1. The van der Waals surface area contributed by atoms with E-state index in [9.17, 15) is 14.4 Å². The molecular weight excluding hydrogens is 320 g/mol. The van der Waals surface area contributed by atoms with Crippen LogP contribution in [-0.4, -0.2) is 47.9 Å². The molecule has 1 aromatic rings. The molecule has 0 spiro atoms. The Kier molecular flexibility index (Phi) is 5.06. The number of cyclic esters (lactones) is 1. The lowest BCUT2D eigenvalue weighted by Crippen LogP contribution is -2.51. The first-order chi connectivity index (χ1) is 12.0. The minimum Gasteiger partial charge on any atom is -0.448 e. The third-order valence-corrected chi connectivity index (χ3v) is 4.83. The van der Waals surface area contributed by atoms with E-state index in [1.807, 2.05) is 30.9 Å². The summed E-state index contributed by atoms with van der Waals surface area (Å²) in [6.45, 7) is 5.08. The van der Waals surface area contributed by atoms with Crippen molar-refractivity contribution >= 4 is 17.8 Å². The maximum Gasteiger partial charge on any atom is 0.339 e. The molecule has 2 heterocycles. The number of nitrogens with one attached hydrogen (secondary N) is 1. The van der Waals surface area contributed by atoms with Crippen molar-refractivity contribution < 1.29 is 19.1 Å². The average molecular weight is 344 g/mol. The van der Waals surface area contributed by atoms with Crippen LogP contribution in [0.25, 0.3) is 0 Å². The third kappa shape index (κ3) is 3.83. The molecule has 1 atom stereocenters. The Balaban J connectivity index is 1.54. The SMILES string of the molecule is CC(C)C(=O)N1CCC(NC(=O)C2Cc3ccccc3C(=O)O2)CC1. The van der Waals surface area contributed by atoms with Crippen molar-refractivity contribution in [2.75, 3.05) is 13.1 Å². The van der Waals surface area contributed by atoms with Gasteiger partial charge in [-0.05, 0) is 24.5 Å². The van der Waals surface area contributed by atoms with Gasteiger partial charge in [0.25, 0.3) is 5.91 Å². The standard InChI is InChI=1S/C19H24N2O4/c1-12(2)18(23)21-9-7-14(8-10-21)20-17(22)16-11-13-5-3-4-6-15(13)19(24)25-16/h3-6,12,14,16H,7-11H2,1-2H3,(H,20,22). The molecule has 0 aliphatic carbocycles. The first-order valence-corrected chi connectivity index (χ1v) is 8.83. The molecule has 3 rings (SSSR count). The Bertz CT molecular complexity index is 678. The van der Waals surface area contributed by atoms with E-state index in [4.69, 9.17) is 4.74 Å². The largest absolute Gasteiger partial charge is 0.448 e. The summed E-state index contributed by atoms with van der Waals surface area (Å²) >= 11 is 0. The molecule has 1 fully saturated rings. The molecule has 1 aromatic carbocycles. The van der Waals surface area contributed by atoms with E-state index in [0.717, 1.165) is 18.4 Å². The Morgan fingerprint density at radius 3 is 2.56 bits per heavy atom. The molecule has 1 N–H and O–H groups in total. The van der Waals surface area contributed by atoms with Crippen molar-refractivity contribution in [3.63, 3.8) is 0 Å². The molecule has 2 aliphatic heterocycles. The predicted molar refractivity (Wildman–Crippen MR) is 91.9 cm³/mol. The summed E-state index contributed by atoms with van der Waals surface area (Å²) in [4.78, 5) is 38.4. The van der Waals surface area contributed by atoms with Gasteiger partial charge < -0.3 is 15.0 Å². The van der Waals surface area contributed by atoms with Crippen LogP contribution in [0.2, 0.25) is 0 Å². The summed E-state index contributed by atoms with van der Waals surface area (Å²) in [5.41, 5.74) is 1.38. The first kappa shape index (κ1) is 17.5. The molecule has 25 heavy (non-hydrogen) atoms. The van der Waals surface area contributed by atoms with Crippen LogP contribution in [-0.2, 0) is 20.7 Å². The fraction of sp³-hybridized carbons (Fsp3) is 0.526. The number of fused-ring (bicyclic) bond motifs is 1. The van der Waals surface area contributed by atoms with E-state index in [2.05, 4.69) is 5.32 Å². The molecule has 0 bridgehead atoms. The van der Waals surface area contributed by atoms with Gasteiger partial charge in [0.1, 0.15) is 0 Å². The minimum atomic E-state index is -0.780. The van der Waals surface area contributed by atoms with Gasteiger partial charge in [0.15, 0.2) is 6.10 Å². The van der Waals surface area contributed by atoms with Crippen LogP contribution in [0.5, 0.6) is 0 Å². The summed E-state index contributed by atoms with van der Waals surface area (Å²) < 4.78 is 5.29. The Labute approximate surface area is 147 Å². The second-order valence-corrected chi connectivity index (χ2v) is 7.02. The molecule has 6 nitrogen and oxygen atoms in total. The van der Waals surface area contributed by atoms with Crippen molar-refractivity contribution in [3.05, 3.63) is 35.4 Å².